The van der Waals surface area contributed by atoms with Crippen LogP contribution in [-0.2, 0) is 9.53 Å². The fourth-order valence-corrected chi connectivity index (χ4v) is 3.92. The van der Waals surface area contributed by atoms with Gasteiger partial charge in [-0.2, -0.15) is 0 Å². The molecule has 1 atom stereocenters. The molecule has 1 unspecified atom stereocenters. The molecule has 0 spiro atoms. The quantitative estimate of drug-likeness (QED) is 0.808. The monoisotopic (exact) mass is 382 g/mol. The molecule has 0 aliphatic carbocycles. The van der Waals surface area contributed by atoms with Gasteiger partial charge < -0.3 is 19.3 Å². The van der Waals surface area contributed by atoms with E-state index in [-0.39, 0.29) is 11.8 Å². The van der Waals surface area contributed by atoms with Crippen LogP contribution in [0.5, 0.6) is 5.75 Å². The number of hydrogen-bond donors (Lipinski definition) is 0. The van der Waals surface area contributed by atoms with Crippen LogP contribution in [0, 0.1) is 5.92 Å². The molecule has 1 amide bonds. The Labute approximate surface area is 165 Å². The molecule has 28 heavy (non-hydrogen) atoms. The lowest BCUT2D eigenvalue weighted by Gasteiger charge is -2.36. The van der Waals surface area contributed by atoms with E-state index in [2.05, 4.69) is 15.1 Å². The van der Waals surface area contributed by atoms with Gasteiger partial charge in [-0.15, -0.1) is 10.2 Å². The van der Waals surface area contributed by atoms with Gasteiger partial charge in [0.25, 0.3) is 0 Å². The summed E-state index contributed by atoms with van der Waals surface area (Å²) in [5.41, 5.74) is 1.70. The number of amides is 1. The Kier molecular flexibility index (Phi) is 5.71. The van der Waals surface area contributed by atoms with Crippen molar-refractivity contribution in [2.75, 3.05) is 51.4 Å². The van der Waals surface area contributed by atoms with Crippen LogP contribution in [0.4, 0.5) is 5.82 Å². The van der Waals surface area contributed by atoms with Crippen molar-refractivity contribution in [3.63, 3.8) is 0 Å². The molecule has 0 N–H and O–H groups in total. The van der Waals surface area contributed by atoms with E-state index in [0.29, 0.717) is 32.8 Å². The Balaban J connectivity index is 1.46. The number of nitrogens with zero attached hydrogens (tertiary/aromatic N) is 4. The van der Waals surface area contributed by atoms with Crippen molar-refractivity contribution in [2.24, 2.45) is 5.92 Å². The second-order valence-electron chi connectivity index (χ2n) is 7.20. The van der Waals surface area contributed by atoms with E-state index in [4.69, 9.17) is 9.47 Å². The van der Waals surface area contributed by atoms with Gasteiger partial charge in [-0.25, -0.2) is 0 Å². The third kappa shape index (κ3) is 3.94. The zero-order valence-electron chi connectivity index (χ0n) is 16.2. The van der Waals surface area contributed by atoms with Crippen LogP contribution in [-0.4, -0.2) is 67.5 Å². The third-order valence-corrected chi connectivity index (χ3v) is 5.45. The smallest absolute Gasteiger partial charge is 0.227 e. The number of aromatic nitrogens is 2. The van der Waals surface area contributed by atoms with Crippen LogP contribution in [0.2, 0.25) is 0 Å². The highest BCUT2D eigenvalue weighted by molar-refractivity contribution is 5.80. The predicted octanol–water partition coefficient (Wildman–Crippen LogP) is 2.23. The summed E-state index contributed by atoms with van der Waals surface area (Å²) in [5.74, 6) is 1.85. The summed E-state index contributed by atoms with van der Waals surface area (Å²) >= 11 is 0. The second-order valence-corrected chi connectivity index (χ2v) is 7.20. The van der Waals surface area contributed by atoms with Gasteiger partial charge >= 0.3 is 0 Å². The molecular weight excluding hydrogens is 356 g/mol. The SMILES string of the molecule is COc1ccccc1-c1ccc(N2CCCC(C(=O)N3CCOCC3)C2)nn1. The molecule has 0 radical (unpaired) electrons. The molecule has 148 valence electrons. The highest BCUT2D eigenvalue weighted by atomic mass is 16.5. The average Bonchev–Trinajstić information content (AvgIpc) is 2.79. The van der Waals surface area contributed by atoms with Crippen LogP contribution < -0.4 is 9.64 Å². The summed E-state index contributed by atoms with van der Waals surface area (Å²) < 4.78 is 10.8. The first-order valence-electron chi connectivity index (χ1n) is 9.85. The van der Waals surface area contributed by atoms with Gasteiger partial charge in [0.1, 0.15) is 5.75 Å². The number of hydrogen-bond acceptors (Lipinski definition) is 6. The van der Waals surface area contributed by atoms with Gasteiger partial charge in [0.05, 0.1) is 31.9 Å². The first-order valence-corrected chi connectivity index (χ1v) is 9.85. The highest BCUT2D eigenvalue weighted by Crippen LogP contribution is 2.29. The summed E-state index contributed by atoms with van der Waals surface area (Å²) in [6.45, 7) is 4.26. The first-order chi connectivity index (χ1) is 13.8. The molecule has 4 rings (SSSR count). The zero-order chi connectivity index (χ0) is 19.3. The van der Waals surface area contributed by atoms with E-state index in [9.17, 15) is 4.79 Å². The molecule has 3 heterocycles. The molecule has 2 saturated heterocycles. The Morgan fingerprint density at radius 2 is 1.93 bits per heavy atom. The second kappa shape index (κ2) is 8.56. The standard InChI is InChI=1S/C21H26N4O3/c1-27-19-7-3-2-6-17(19)18-8-9-20(23-22-18)25-10-4-5-16(15-25)21(26)24-11-13-28-14-12-24/h2-3,6-9,16H,4-5,10-15H2,1H3. The van der Waals surface area contributed by atoms with Gasteiger partial charge in [0.2, 0.25) is 5.91 Å². The summed E-state index contributed by atoms with van der Waals surface area (Å²) in [4.78, 5) is 16.9. The average molecular weight is 382 g/mol. The Morgan fingerprint density at radius 3 is 2.68 bits per heavy atom. The van der Waals surface area contributed by atoms with E-state index < -0.39 is 0 Å². The van der Waals surface area contributed by atoms with Crippen molar-refractivity contribution in [1.82, 2.24) is 15.1 Å². The summed E-state index contributed by atoms with van der Waals surface area (Å²) in [6.07, 6.45) is 1.91. The Morgan fingerprint density at radius 1 is 1.11 bits per heavy atom. The van der Waals surface area contributed by atoms with Crippen LogP contribution in [0.25, 0.3) is 11.3 Å². The topological polar surface area (TPSA) is 67.8 Å². The molecule has 7 nitrogen and oxygen atoms in total. The number of anilines is 1. The molecule has 7 heteroatoms. The number of para-hydroxylation sites is 1. The molecule has 2 aliphatic rings. The van der Waals surface area contributed by atoms with Gasteiger partial charge in [-0.3, -0.25) is 4.79 Å². The molecule has 0 saturated carbocycles. The summed E-state index contributed by atoms with van der Waals surface area (Å²) in [6, 6.07) is 11.7. The summed E-state index contributed by atoms with van der Waals surface area (Å²) in [5, 5.41) is 8.84. The van der Waals surface area contributed by atoms with Crippen molar-refractivity contribution in [2.45, 2.75) is 12.8 Å². The highest BCUT2D eigenvalue weighted by Gasteiger charge is 2.30. The van der Waals surface area contributed by atoms with Crippen LogP contribution in [0.3, 0.4) is 0 Å². The minimum atomic E-state index is 0.0162. The number of carbonyl (C=O) groups excluding carboxylic acids is 1. The maximum Gasteiger partial charge on any atom is 0.227 e. The van der Waals surface area contributed by atoms with Gasteiger partial charge in [-0.05, 0) is 37.1 Å². The zero-order valence-corrected chi connectivity index (χ0v) is 16.2. The van der Waals surface area contributed by atoms with Crippen molar-refractivity contribution in [3.8, 4) is 17.0 Å². The Hall–Kier alpha value is -2.67. The van der Waals surface area contributed by atoms with Crippen molar-refractivity contribution < 1.29 is 14.3 Å². The van der Waals surface area contributed by atoms with Gasteiger partial charge in [0, 0.05) is 31.7 Å². The number of carbonyl (C=O) groups is 1. The lowest BCUT2D eigenvalue weighted by atomic mass is 9.96. The van der Waals surface area contributed by atoms with Crippen molar-refractivity contribution in [3.05, 3.63) is 36.4 Å². The number of piperidine rings is 1. The van der Waals surface area contributed by atoms with E-state index in [1.165, 1.54) is 0 Å². The molecular formula is C21H26N4O3. The fourth-order valence-electron chi connectivity index (χ4n) is 3.92. The largest absolute Gasteiger partial charge is 0.496 e. The molecule has 1 aromatic heterocycles. The van der Waals surface area contributed by atoms with Crippen LogP contribution in [0.15, 0.2) is 36.4 Å². The molecule has 2 fully saturated rings. The number of rotatable bonds is 4. The lowest BCUT2D eigenvalue weighted by molar-refractivity contribution is -0.139. The normalized spacial score (nSPS) is 20.1. The van der Waals surface area contributed by atoms with Gasteiger partial charge in [-0.1, -0.05) is 12.1 Å². The number of morpholine rings is 1. The molecule has 2 aliphatic heterocycles. The molecule has 0 bridgehead atoms. The minimum absolute atomic E-state index is 0.0162. The van der Waals surface area contributed by atoms with E-state index in [1.807, 2.05) is 41.3 Å². The minimum Gasteiger partial charge on any atom is -0.496 e. The van der Waals surface area contributed by atoms with E-state index in [0.717, 1.165) is 42.2 Å². The predicted molar refractivity (Wildman–Crippen MR) is 106 cm³/mol. The number of methoxy groups -OCH3 is 1. The maximum absolute atomic E-state index is 12.8. The van der Waals surface area contributed by atoms with Crippen LogP contribution >= 0.6 is 0 Å². The first kappa shape index (κ1) is 18.7. The number of ether oxygens (including phenoxy) is 2. The van der Waals surface area contributed by atoms with E-state index >= 15 is 0 Å². The third-order valence-electron chi connectivity index (χ3n) is 5.45. The van der Waals surface area contributed by atoms with Crippen molar-refractivity contribution >= 4 is 11.7 Å². The molecule has 2 aromatic rings. The number of benzene rings is 1. The van der Waals surface area contributed by atoms with E-state index in [1.54, 1.807) is 7.11 Å². The maximum atomic E-state index is 12.8. The van der Waals surface area contributed by atoms with Crippen molar-refractivity contribution in [1.29, 1.82) is 0 Å². The van der Waals surface area contributed by atoms with Crippen LogP contribution in [0.1, 0.15) is 12.8 Å². The molecule has 1 aromatic carbocycles. The fraction of sp³-hybridized carbons (Fsp3) is 0.476. The lowest BCUT2D eigenvalue weighted by Crippen LogP contribution is -2.48. The summed E-state index contributed by atoms with van der Waals surface area (Å²) in [7, 11) is 1.65. The van der Waals surface area contributed by atoms with Gasteiger partial charge in [0.15, 0.2) is 5.82 Å². The Bertz CT molecular complexity index is 806.